The van der Waals surface area contributed by atoms with Crippen LogP contribution < -0.4 is 11.1 Å². The van der Waals surface area contributed by atoms with E-state index in [1.807, 2.05) is 0 Å². The Labute approximate surface area is 134 Å². The van der Waals surface area contributed by atoms with Gasteiger partial charge in [0.1, 0.15) is 12.4 Å². The van der Waals surface area contributed by atoms with Gasteiger partial charge in [0.2, 0.25) is 11.8 Å². The fourth-order valence-electron chi connectivity index (χ4n) is 1.85. The summed E-state index contributed by atoms with van der Waals surface area (Å²) in [6.45, 7) is -0.0556. The first-order chi connectivity index (χ1) is 10.4. The number of nitrogens with two attached hydrogens (primary N) is 1. The molecule has 0 unspecified atom stereocenters. The number of benzene rings is 1. The molecule has 116 valence electrons. The van der Waals surface area contributed by atoms with Crippen LogP contribution in [0.2, 0.25) is 0 Å². The molecule has 0 saturated heterocycles. The maximum Gasteiger partial charge on any atom is 0.239 e. The first-order valence-corrected chi connectivity index (χ1v) is 7.29. The quantitative estimate of drug-likeness (QED) is 0.814. The third-order valence-electron chi connectivity index (χ3n) is 2.86. The zero-order valence-corrected chi connectivity index (χ0v) is 13.1. The van der Waals surface area contributed by atoms with Crippen molar-refractivity contribution in [3.05, 3.63) is 46.3 Å². The molecule has 3 N–H and O–H groups in total. The number of anilines is 1. The summed E-state index contributed by atoms with van der Waals surface area (Å²) in [5.41, 5.74) is 5.52. The molecule has 0 aliphatic heterocycles. The molecule has 1 aromatic carbocycles. The molecule has 22 heavy (non-hydrogen) atoms. The zero-order valence-electron chi connectivity index (χ0n) is 11.6. The Hall–Kier alpha value is -2.22. The Morgan fingerprint density at radius 3 is 2.82 bits per heavy atom. The Kier molecular flexibility index (Phi) is 5.26. The minimum absolute atomic E-state index is 0.0556. The second-order valence-corrected chi connectivity index (χ2v) is 5.56. The minimum atomic E-state index is -0.522. The molecule has 2 amide bonds. The lowest BCUT2D eigenvalue weighted by Crippen LogP contribution is -2.19. The van der Waals surface area contributed by atoms with E-state index in [0.29, 0.717) is 15.9 Å². The lowest BCUT2D eigenvalue weighted by atomic mass is 10.1. The van der Waals surface area contributed by atoms with E-state index in [2.05, 4.69) is 26.3 Å². The number of nitrogens with zero attached hydrogens (tertiary/aromatic N) is 2. The Morgan fingerprint density at radius 2 is 2.14 bits per heavy atom. The Balaban J connectivity index is 1.87. The van der Waals surface area contributed by atoms with Crippen molar-refractivity contribution in [2.24, 2.45) is 5.73 Å². The van der Waals surface area contributed by atoms with Crippen molar-refractivity contribution in [3.8, 4) is 0 Å². The predicted molar refractivity (Wildman–Crippen MR) is 82.5 cm³/mol. The molecule has 6 nitrogen and oxygen atoms in total. The first-order valence-electron chi connectivity index (χ1n) is 6.49. The number of aryl methyl sites for hydroxylation is 1. The fraction of sp³-hybridized carbons (Fsp3) is 0.214. The van der Waals surface area contributed by atoms with E-state index in [4.69, 9.17) is 5.73 Å². The van der Waals surface area contributed by atoms with Crippen LogP contribution in [-0.4, -0.2) is 21.6 Å². The number of hydrogen-bond donors (Lipinski definition) is 2. The topological polar surface area (TPSA) is 90.0 Å². The molecule has 8 heteroatoms. The van der Waals surface area contributed by atoms with Gasteiger partial charge >= 0.3 is 0 Å². The second-order valence-electron chi connectivity index (χ2n) is 4.65. The van der Waals surface area contributed by atoms with Gasteiger partial charge in [-0.05, 0) is 24.1 Å². The molecule has 0 spiro atoms. The molecule has 0 fully saturated rings. The van der Waals surface area contributed by atoms with E-state index in [1.165, 1.54) is 16.9 Å². The zero-order chi connectivity index (χ0) is 16.1. The highest BCUT2D eigenvalue weighted by Gasteiger charge is 2.09. The standard InChI is InChI=1S/C14H14BrFN4O2/c15-10-3-1-9(11(16)7-10)2-4-14(22)18-13-5-6-20(19-13)8-12(17)21/h1,3,5-7H,2,4,8H2,(H2,17,21)(H,18,19,22). The molecule has 0 saturated carbocycles. The van der Waals surface area contributed by atoms with Gasteiger partial charge in [-0.3, -0.25) is 14.3 Å². The number of aromatic nitrogens is 2. The third kappa shape index (κ3) is 4.66. The maximum absolute atomic E-state index is 13.6. The van der Waals surface area contributed by atoms with Crippen LogP contribution in [0.3, 0.4) is 0 Å². The number of hydrogen-bond acceptors (Lipinski definition) is 3. The van der Waals surface area contributed by atoms with Gasteiger partial charge in [-0.2, -0.15) is 5.10 Å². The van der Waals surface area contributed by atoms with Crippen molar-refractivity contribution in [3.63, 3.8) is 0 Å². The van der Waals surface area contributed by atoms with Crippen LogP contribution in [0, 0.1) is 5.82 Å². The smallest absolute Gasteiger partial charge is 0.239 e. The largest absolute Gasteiger partial charge is 0.368 e. The van der Waals surface area contributed by atoms with Crippen LogP contribution in [0.15, 0.2) is 34.9 Å². The summed E-state index contributed by atoms with van der Waals surface area (Å²) in [5.74, 6) is -0.839. The molecule has 0 radical (unpaired) electrons. The van der Waals surface area contributed by atoms with Crippen LogP contribution in [0.25, 0.3) is 0 Å². The molecule has 1 heterocycles. The summed E-state index contributed by atoms with van der Waals surface area (Å²) in [4.78, 5) is 22.6. The number of carbonyl (C=O) groups excluding carboxylic acids is 2. The highest BCUT2D eigenvalue weighted by Crippen LogP contribution is 2.16. The first kappa shape index (κ1) is 16.2. The number of halogens is 2. The van der Waals surface area contributed by atoms with E-state index >= 15 is 0 Å². The summed E-state index contributed by atoms with van der Waals surface area (Å²) in [6, 6.07) is 6.27. The molecule has 0 bridgehead atoms. The highest BCUT2D eigenvalue weighted by molar-refractivity contribution is 9.10. The van der Waals surface area contributed by atoms with Gasteiger partial charge in [0.25, 0.3) is 0 Å². The van der Waals surface area contributed by atoms with Crippen molar-refractivity contribution in [2.45, 2.75) is 19.4 Å². The average Bonchev–Trinajstić information content (AvgIpc) is 2.84. The van der Waals surface area contributed by atoms with E-state index in [9.17, 15) is 14.0 Å². The SMILES string of the molecule is NC(=O)Cn1ccc(NC(=O)CCc2ccc(Br)cc2F)n1. The van der Waals surface area contributed by atoms with Crippen molar-refractivity contribution >= 4 is 33.6 Å². The summed E-state index contributed by atoms with van der Waals surface area (Å²) < 4.78 is 15.6. The average molecular weight is 369 g/mol. The normalized spacial score (nSPS) is 10.5. The molecule has 2 aromatic rings. The summed E-state index contributed by atoms with van der Waals surface area (Å²) in [5, 5.41) is 6.56. The summed E-state index contributed by atoms with van der Waals surface area (Å²) >= 11 is 3.18. The van der Waals surface area contributed by atoms with Gasteiger partial charge in [0.05, 0.1) is 0 Å². The minimum Gasteiger partial charge on any atom is -0.368 e. The molecule has 0 atom stereocenters. The fourth-order valence-corrected chi connectivity index (χ4v) is 2.19. The van der Waals surface area contributed by atoms with Gasteiger partial charge in [0, 0.05) is 23.2 Å². The van der Waals surface area contributed by atoms with Crippen LogP contribution >= 0.6 is 15.9 Å². The number of rotatable bonds is 6. The number of primary amides is 1. The van der Waals surface area contributed by atoms with Crippen LogP contribution in [0.4, 0.5) is 10.2 Å². The van der Waals surface area contributed by atoms with E-state index in [-0.39, 0.29) is 31.1 Å². The summed E-state index contributed by atoms with van der Waals surface area (Å²) in [7, 11) is 0. The third-order valence-corrected chi connectivity index (χ3v) is 3.36. The lowest BCUT2D eigenvalue weighted by Gasteiger charge is -2.04. The molecule has 0 aliphatic rings. The van der Waals surface area contributed by atoms with Crippen molar-refractivity contribution in [2.75, 3.05) is 5.32 Å². The highest BCUT2D eigenvalue weighted by atomic mass is 79.9. The monoisotopic (exact) mass is 368 g/mol. The van der Waals surface area contributed by atoms with Gasteiger partial charge in [-0.25, -0.2) is 4.39 Å². The number of amides is 2. The van der Waals surface area contributed by atoms with E-state index in [1.54, 1.807) is 18.2 Å². The van der Waals surface area contributed by atoms with Gasteiger partial charge in [-0.1, -0.05) is 22.0 Å². The molecule has 1 aromatic heterocycles. The van der Waals surface area contributed by atoms with Crippen LogP contribution in [-0.2, 0) is 22.6 Å². The summed E-state index contributed by atoms with van der Waals surface area (Å²) in [6.07, 6.45) is 1.95. The van der Waals surface area contributed by atoms with Gasteiger partial charge < -0.3 is 11.1 Å². The molecule has 0 aliphatic carbocycles. The number of carbonyl (C=O) groups is 2. The lowest BCUT2D eigenvalue weighted by molar-refractivity contribution is -0.118. The maximum atomic E-state index is 13.6. The molecular weight excluding hydrogens is 355 g/mol. The van der Waals surface area contributed by atoms with Crippen LogP contribution in [0.1, 0.15) is 12.0 Å². The molecule has 2 rings (SSSR count). The van der Waals surface area contributed by atoms with Crippen molar-refractivity contribution in [1.29, 1.82) is 0 Å². The molecular formula is C14H14BrFN4O2. The van der Waals surface area contributed by atoms with Crippen molar-refractivity contribution in [1.82, 2.24) is 9.78 Å². The van der Waals surface area contributed by atoms with Gasteiger partial charge in [0.15, 0.2) is 5.82 Å². The van der Waals surface area contributed by atoms with E-state index < -0.39 is 5.91 Å². The Morgan fingerprint density at radius 1 is 1.36 bits per heavy atom. The van der Waals surface area contributed by atoms with Crippen molar-refractivity contribution < 1.29 is 14.0 Å². The van der Waals surface area contributed by atoms with Crippen LogP contribution in [0.5, 0.6) is 0 Å². The van der Waals surface area contributed by atoms with Gasteiger partial charge in [-0.15, -0.1) is 0 Å². The number of nitrogens with one attached hydrogen (secondary N) is 1. The predicted octanol–water partition coefficient (Wildman–Crippen LogP) is 1.84. The second kappa shape index (κ2) is 7.17. The van der Waals surface area contributed by atoms with E-state index in [0.717, 1.165) is 0 Å². The Bertz CT molecular complexity index is 702.